The summed E-state index contributed by atoms with van der Waals surface area (Å²) >= 11 is 3.17. The van der Waals surface area contributed by atoms with Gasteiger partial charge < -0.3 is 10.1 Å². The lowest BCUT2D eigenvalue weighted by Gasteiger charge is -2.19. The summed E-state index contributed by atoms with van der Waals surface area (Å²) in [6.45, 7) is 5.16. The average Bonchev–Trinajstić information content (AvgIpc) is 2.91. The van der Waals surface area contributed by atoms with Crippen LogP contribution in [0.15, 0.2) is 32.9 Å². The van der Waals surface area contributed by atoms with E-state index in [1.165, 1.54) is 5.56 Å². The van der Waals surface area contributed by atoms with Gasteiger partial charge in [0, 0.05) is 16.5 Å². The smallest absolute Gasteiger partial charge is 0.178 e. The molecule has 0 saturated carbocycles. The number of nitrogens with one attached hydrogen (secondary N) is 1. The number of ether oxygens (including phenoxy) is 1. The second kappa shape index (κ2) is 6.88. The number of aromatic nitrogens is 2. The Hall–Kier alpha value is -1.11. The van der Waals surface area contributed by atoms with E-state index in [1.54, 1.807) is 35.7 Å². The molecule has 1 heterocycles. The van der Waals surface area contributed by atoms with E-state index in [4.69, 9.17) is 4.74 Å². The molecular weight excluding hydrogens is 278 g/mol. The minimum Gasteiger partial charge on any atom is -0.496 e. The lowest BCUT2D eigenvalue weighted by Crippen LogP contribution is -2.19. The third-order valence-corrected chi connectivity index (χ3v) is 4.58. The Morgan fingerprint density at radius 3 is 2.95 bits per heavy atom. The van der Waals surface area contributed by atoms with Crippen LogP contribution < -0.4 is 10.1 Å². The third-order valence-electron chi connectivity index (χ3n) is 2.73. The van der Waals surface area contributed by atoms with Crippen molar-refractivity contribution in [2.45, 2.75) is 29.1 Å². The summed E-state index contributed by atoms with van der Waals surface area (Å²) in [7, 11) is 1.71. The molecule has 0 fully saturated rings. The minimum absolute atomic E-state index is 0.233. The molecule has 2 aromatic rings. The van der Waals surface area contributed by atoms with Gasteiger partial charge in [0.2, 0.25) is 0 Å². The second-order valence-corrected chi connectivity index (χ2v) is 6.08. The zero-order valence-corrected chi connectivity index (χ0v) is 12.8. The number of hydrogen-bond acceptors (Lipinski definition) is 6. The Labute approximate surface area is 121 Å². The van der Waals surface area contributed by atoms with Crippen molar-refractivity contribution >= 4 is 23.1 Å². The molecule has 102 valence electrons. The van der Waals surface area contributed by atoms with E-state index in [2.05, 4.69) is 35.4 Å². The maximum absolute atomic E-state index is 5.49. The topological polar surface area (TPSA) is 47.0 Å². The van der Waals surface area contributed by atoms with E-state index < -0.39 is 0 Å². The van der Waals surface area contributed by atoms with Crippen LogP contribution >= 0.6 is 23.1 Å². The molecule has 1 N–H and O–H groups in total. The van der Waals surface area contributed by atoms with Gasteiger partial charge in [0.25, 0.3) is 0 Å². The van der Waals surface area contributed by atoms with E-state index in [0.29, 0.717) is 0 Å². The molecular formula is C13H17N3OS2. The minimum atomic E-state index is 0.233. The average molecular weight is 295 g/mol. The van der Waals surface area contributed by atoms with Gasteiger partial charge in [0.05, 0.1) is 7.11 Å². The van der Waals surface area contributed by atoms with Crippen LogP contribution in [0.4, 0.5) is 0 Å². The Balaban J connectivity index is 2.35. The predicted octanol–water partition coefficient (Wildman–Crippen LogP) is 3.37. The van der Waals surface area contributed by atoms with E-state index in [9.17, 15) is 0 Å². The van der Waals surface area contributed by atoms with Gasteiger partial charge in [0.1, 0.15) is 11.3 Å². The Morgan fingerprint density at radius 2 is 2.32 bits per heavy atom. The number of methoxy groups -OCH3 is 1. The van der Waals surface area contributed by atoms with Crippen molar-refractivity contribution in [1.82, 2.24) is 15.5 Å². The zero-order valence-electron chi connectivity index (χ0n) is 11.2. The molecule has 0 amide bonds. The largest absolute Gasteiger partial charge is 0.496 e. The van der Waals surface area contributed by atoms with Crippen molar-refractivity contribution in [3.63, 3.8) is 0 Å². The Morgan fingerprint density at radius 1 is 1.47 bits per heavy atom. The molecule has 1 atom stereocenters. The van der Waals surface area contributed by atoms with Crippen LogP contribution in [0, 0.1) is 0 Å². The van der Waals surface area contributed by atoms with Crippen molar-refractivity contribution < 1.29 is 4.74 Å². The summed E-state index contributed by atoms with van der Waals surface area (Å²) in [6, 6.07) is 6.33. The fourth-order valence-electron chi connectivity index (χ4n) is 1.93. The van der Waals surface area contributed by atoms with Crippen molar-refractivity contribution in [2.24, 2.45) is 0 Å². The molecule has 6 heteroatoms. The van der Waals surface area contributed by atoms with Gasteiger partial charge in [-0.25, -0.2) is 0 Å². The highest BCUT2D eigenvalue weighted by Crippen LogP contribution is 2.38. The molecule has 1 unspecified atom stereocenters. The maximum Gasteiger partial charge on any atom is 0.178 e. The van der Waals surface area contributed by atoms with E-state index in [1.807, 2.05) is 12.1 Å². The molecule has 2 rings (SSSR count). The first-order chi connectivity index (χ1) is 9.26. The normalized spacial score (nSPS) is 12.4. The monoisotopic (exact) mass is 295 g/mol. The van der Waals surface area contributed by atoms with E-state index >= 15 is 0 Å². The van der Waals surface area contributed by atoms with Crippen LogP contribution in [0.5, 0.6) is 5.75 Å². The van der Waals surface area contributed by atoms with Crippen molar-refractivity contribution in [1.29, 1.82) is 0 Å². The number of rotatable bonds is 6. The van der Waals surface area contributed by atoms with Crippen LogP contribution in [0.2, 0.25) is 0 Å². The van der Waals surface area contributed by atoms with Crippen LogP contribution in [-0.2, 0) is 0 Å². The van der Waals surface area contributed by atoms with Gasteiger partial charge in [-0.15, -0.1) is 10.2 Å². The molecule has 0 radical (unpaired) electrons. The first kappa shape index (κ1) is 14.3. The van der Waals surface area contributed by atoms with Gasteiger partial charge in [-0.1, -0.05) is 36.1 Å². The second-order valence-electron chi connectivity index (χ2n) is 3.96. The zero-order chi connectivity index (χ0) is 13.7. The molecule has 19 heavy (non-hydrogen) atoms. The molecule has 0 aliphatic heterocycles. The van der Waals surface area contributed by atoms with E-state index in [-0.39, 0.29) is 6.04 Å². The van der Waals surface area contributed by atoms with Crippen molar-refractivity contribution in [3.8, 4) is 5.75 Å². The van der Waals surface area contributed by atoms with Gasteiger partial charge >= 0.3 is 0 Å². The number of hydrogen-bond donors (Lipinski definition) is 1. The highest BCUT2D eigenvalue weighted by Gasteiger charge is 2.17. The summed E-state index contributed by atoms with van der Waals surface area (Å²) < 4.78 is 6.43. The van der Waals surface area contributed by atoms with Gasteiger partial charge in [0.15, 0.2) is 4.34 Å². The maximum atomic E-state index is 5.49. The molecule has 0 aliphatic carbocycles. The van der Waals surface area contributed by atoms with Crippen molar-refractivity contribution in [2.75, 3.05) is 13.7 Å². The summed E-state index contributed by atoms with van der Waals surface area (Å²) in [4.78, 5) is 1.16. The summed E-state index contributed by atoms with van der Waals surface area (Å²) in [5, 5.41) is 11.4. The SMILES string of the molecule is CCNC(C)c1c(OC)cccc1Sc1nncs1. The van der Waals surface area contributed by atoms with Crippen LogP contribution in [0.1, 0.15) is 25.5 Å². The summed E-state index contributed by atoms with van der Waals surface area (Å²) in [5.41, 5.74) is 2.92. The molecule has 0 bridgehead atoms. The van der Waals surface area contributed by atoms with Crippen LogP contribution in [0.3, 0.4) is 0 Å². The number of nitrogens with zero attached hydrogens (tertiary/aromatic N) is 2. The lowest BCUT2D eigenvalue weighted by molar-refractivity contribution is 0.400. The molecule has 0 spiro atoms. The molecule has 4 nitrogen and oxygen atoms in total. The Bertz CT molecular complexity index is 517. The standard InChI is InChI=1S/C13H17N3OS2/c1-4-14-9(2)12-10(17-3)6-5-7-11(12)19-13-16-15-8-18-13/h5-9,14H,4H2,1-3H3. The molecule has 0 saturated heterocycles. The lowest BCUT2D eigenvalue weighted by atomic mass is 10.1. The van der Waals surface area contributed by atoms with Crippen LogP contribution in [-0.4, -0.2) is 23.9 Å². The summed E-state index contributed by atoms with van der Waals surface area (Å²) in [5.74, 6) is 0.906. The summed E-state index contributed by atoms with van der Waals surface area (Å²) in [6.07, 6.45) is 0. The highest BCUT2D eigenvalue weighted by molar-refractivity contribution is 8.01. The van der Waals surface area contributed by atoms with Gasteiger partial charge in [-0.2, -0.15) is 0 Å². The fourth-order valence-corrected chi connectivity index (χ4v) is 3.61. The van der Waals surface area contributed by atoms with Crippen LogP contribution in [0.25, 0.3) is 0 Å². The Kier molecular flexibility index (Phi) is 5.18. The first-order valence-electron chi connectivity index (χ1n) is 6.10. The quantitative estimate of drug-likeness (QED) is 0.885. The first-order valence-corrected chi connectivity index (χ1v) is 7.80. The predicted molar refractivity (Wildman–Crippen MR) is 79.1 cm³/mol. The highest BCUT2D eigenvalue weighted by atomic mass is 32.2. The third kappa shape index (κ3) is 3.46. The molecule has 0 aliphatic rings. The van der Waals surface area contributed by atoms with Crippen molar-refractivity contribution in [3.05, 3.63) is 29.3 Å². The number of benzene rings is 1. The molecule has 1 aromatic carbocycles. The van der Waals surface area contributed by atoms with E-state index in [0.717, 1.165) is 21.5 Å². The van der Waals surface area contributed by atoms with Gasteiger partial charge in [-0.05, 0) is 25.6 Å². The van der Waals surface area contributed by atoms with Gasteiger partial charge in [-0.3, -0.25) is 0 Å². The fraction of sp³-hybridized carbons (Fsp3) is 0.385. The molecule has 1 aromatic heterocycles.